The Labute approximate surface area is 202 Å². The number of carbonyl (C=O) groups excluding carboxylic acids is 2. The summed E-state index contributed by atoms with van der Waals surface area (Å²) in [6.07, 6.45) is 5.14. The van der Waals surface area contributed by atoms with Crippen LogP contribution in [0.15, 0.2) is 24.4 Å². The maximum Gasteiger partial charge on any atom is 0.320 e. The fourth-order valence-electron chi connectivity index (χ4n) is 4.68. The molecule has 2 aromatic rings. The lowest BCUT2D eigenvalue weighted by Crippen LogP contribution is -2.37. The lowest BCUT2D eigenvalue weighted by Gasteiger charge is -2.23. The first-order valence-corrected chi connectivity index (χ1v) is 11.9. The van der Waals surface area contributed by atoms with Crippen LogP contribution in [0, 0.1) is 0 Å². The van der Waals surface area contributed by atoms with Gasteiger partial charge in [0, 0.05) is 44.6 Å². The number of nitrogens with one attached hydrogen (secondary N) is 2. The topological polar surface area (TPSA) is 137 Å². The van der Waals surface area contributed by atoms with Crippen LogP contribution in [0.1, 0.15) is 35.6 Å². The molecule has 0 radical (unpaired) electrons. The highest BCUT2D eigenvalue weighted by Crippen LogP contribution is 2.30. The molecule has 3 aliphatic rings. The highest BCUT2D eigenvalue weighted by Gasteiger charge is 2.33. The number of carboxylic acid groups (broad SMARTS) is 1. The van der Waals surface area contributed by atoms with E-state index < -0.39 is 11.9 Å². The van der Waals surface area contributed by atoms with Crippen molar-refractivity contribution in [3.05, 3.63) is 41.2 Å². The third-order valence-corrected chi connectivity index (χ3v) is 6.59. The van der Waals surface area contributed by atoms with Crippen molar-refractivity contribution in [2.24, 2.45) is 0 Å². The summed E-state index contributed by atoms with van der Waals surface area (Å²) in [5, 5.41) is 15.8. The molecule has 1 fully saturated rings. The SMILES string of the molecule is O=C1COc2cc([C@@H](CN3CCN(CCCc4ccc5c(n4)NCCC5)C3=O)C(=O)O)cnc2N1. The Kier molecular flexibility index (Phi) is 6.39. The fourth-order valence-corrected chi connectivity index (χ4v) is 4.68. The van der Waals surface area contributed by atoms with Gasteiger partial charge in [0.1, 0.15) is 11.7 Å². The van der Waals surface area contributed by atoms with Gasteiger partial charge in [0.25, 0.3) is 5.91 Å². The first-order chi connectivity index (χ1) is 17.0. The van der Waals surface area contributed by atoms with Crippen molar-refractivity contribution in [1.29, 1.82) is 0 Å². The number of pyridine rings is 2. The van der Waals surface area contributed by atoms with Crippen LogP contribution < -0.4 is 15.4 Å². The van der Waals surface area contributed by atoms with Gasteiger partial charge in [0.15, 0.2) is 18.2 Å². The van der Waals surface area contributed by atoms with Crippen molar-refractivity contribution in [2.45, 2.75) is 31.6 Å². The number of nitrogens with zero attached hydrogens (tertiary/aromatic N) is 4. The molecule has 11 heteroatoms. The molecule has 2 aromatic heterocycles. The Morgan fingerprint density at radius 1 is 1.20 bits per heavy atom. The molecule has 3 amide bonds. The summed E-state index contributed by atoms with van der Waals surface area (Å²) < 4.78 is 5.36. The number of hydrogen-bond donors (Lipinski definition) is 3. The van der Waals surface area contributed by atoms with Crippen molar-refractivity contribution < 1.29 is 24.2 Å². The molecule has 0 aromatic carbocycles. The highest BCUT2D eigenvalue weighted by molar-refractivity contribution is 5.94. The summed E-state index contributed by atoms with van der Waals surface area (Å²) in [4.78, 5) is 48.6. The zero-order valence-corrected chi connectivity index (χ0v) is 19.3. The lowest BCUT2D eigenvalue weighted by atomic mass is 10.00. The zero-order chi connectivity index (χ0) is 24.4. The molecule has 11 nitrogen and oxygen atoms in total. The summed E-state index contributed by atoms with van der Waals surface area (Å²) in [5.74, 6) is -0.749. The smallest absolute Gasteiger partial charge is 0.320 e. The Balaban J connectivity index is 1.17. The van der Waals surface area contributed by atoms with E-state index in [1.54, 1.807) is 15.9 Å². The molecule has 0 spiro atoms. The number of anilines is 2. The second-order valence-electron chi connectivity index (χ2n) is 9.00. The summed E-state index contributed by atoms with van der Waals surface area (Å²) in [5.41, 5.74) is 2.68. The van der Waals surface area contributed by atoms with E-state index in [-0.39, 0.29) is 30.9 Å². The predicted molar refractivity (Wildman–Crippen MR) is 127 cm³/mol. The van der Waals surface area contributed by atoms with Crippen molar-refractivity contribution in [2.75, 3.05) is 50.0 Å². The number of aromatic nitrogens is 2. The van der Waals surface area contributed by atoms with E-state index in [0.29, 0.717) is 30.9 Å². The van der Waals surface area contributed by atoms with Gasteiger partial charge in [-0.05, 0) is 48.9 Å². The summed E-state index contributed by atoms with van der Waals surface area (Å²) in [6.45, 7) is 2.45. The number of urea groups is 1. The van der Waals surface area contributed by atoms with Crippen molar-refractivity contribution in [3.8, 4) is 5.75 Å². The average molecular weight is 481 g/mol. The van der Waals surface area contributed by atoms with E-state index in [9.17, 15) is 19.5 Å². The normalized spacial score (nSPS) is 17.7. The van der Waals surface area contributed by atoms with Gasteiger partial charge in [-0.2, -0.15) is 0 Å². The van der Waals surface area contributed by atoms with Gasteiger partial charge in [-0.3, -0.25) is 9.59 Å². The van der Waals surface area contributed by atoms with E-state index in [0.717, 1.165) is 43.7 Å². The molecule has 3 N–H and O–H groups in total. The minimum atomic E-state index is -1.05. The Hall–Kier alpha value is -3.89. The van der Waals surface area contributed by atoms with Gasteiger partial charge >= 0.3 is 12.0 Å². The Morgan fingerprint density at radius 3 is 2.91 bits per heavy atom. The van der Waals surface area contributed by atoms with Crippen LogP contribution in [-0.2, 0) is 22.4 Å². The van der Waals surface area contributed by atoms with Crippen LogP contribution in [0.3, 0.4) is 0 Å². The first kappa shape index (κ1) is 22.9. The van der Waals surface area contributed by atoms with Crippen molar-refractivity contribution in [3.63, 3.8) is 0 Å². The van der Waals surface area contributed by atoms with E-state index >= 15 is 0 Å². The molecule has 5 rings (SSSR count). The summed E-state index contributed by atoms with van der Waals surface area (Å²) >= 11 is 0. The molecule has 184 valence electrons. The number of aliphatic carboxylic acids is 1. The van der Waals surface area contributed by atoms with Crippen LogP contribution >= 0.6 is 0 Å². The maximum absolute atomic E-state index is 12.9. The zero-order valence-electron chi connectivity index (χ0n) is 19.3. The number of aryl methyl sites for hydroxylation is 2. The number of hydrogen-bond acceptors (Lipinski definition) is 7. The third kappa shape index (κ3) is 4.98. The minimum Gasteiger partial charge on any atom is -0.481 e. The minimum absolute atomic E-state index is 0.0372. The second kappa shape index (κ2) is 9.77. The number of carbonyl (C=O) groups is 3. The van der Waals surface area contributed by atoms with E-state index in [4.69, 9.17) is 9.72 Å². The molecule has 35 heavy (non-hydrogen) atoms. The molecular weight excluding hydrogens is 452 g/mol. The lowest BCUT2D eigenvalue weighted by molar-refractivity contribution is -0.139. The number of amides is 3. The van der Waals surface area contributed by atoms with Gasteiger partial charge in [-0.1, -0.05) is 6.07 Å². The number of rotatable bonds is 8. The second-order valence-corrected chi connectivity index (χ2v) is 9.00. The van der Waals surface area contributed by atoms with Crippen LogP contribution in [0.4, 0.5) is 16.4 Å². The van der Waals surface area contributed by atoms with Gasteiger partial charge in [0.05, 0.1) is 0 Å². The van der Waals surface area contributed by atoms with E-state index in [1.807, 2.05) is 0 Å². The van der Waals surface area contributed by atoms with Crippen LogP contribution in [0.25, 0.3) is 0 Å². The molecule has 3 aliphatic heterocycles. The van der Waals surface area contributed by atoms with Gasteiger partial charge in [-0.15, -0.1) is 0 Å². The molecule has 0 bridgehead atoms. The standard InChI is InChI=1S/C24H28N6O5/c31-20-14-35-19-11-16(12-26-22(19)28-20)18(23(32)33)13-30-10-9-29(24(30)34)8-2-4-17-6-5-15-3-1-7-25-21(15)27-17/h5-6,11-12,18H,1-4,7-10,13-14H2,(H,25,27)(H,32,33)(H,26,28,31)/t18-/m1/s1. The average Bonchev–Trinajstić information content (AvgIpc) is 3.21. The Bertz CT molecular complexity index is 1160. The molecule has 1 saturated heterocycles. The molecule has 1 atom stereocenters. The molecule has 0 aliphatic carbocycles. The summed E-state index contributed by atoms with van der Waals surface area (Å²) in [7, 11) is 0. The number of fused-ring (bicyclic) bond motifs is 2. The molecule has 0 saturated carbocycles. The van der Waals surface area contributed by atoms with Crippen molar-refractivity contribution >= 4 is 29.5 Å². The third-order valence-electron chi connectivity index (χ3n) is 6.59. The number of ether oxygens (including phenoxy) is 1. The quantitative estimate of drug-likeness (QED) is 0.519. The van der Waals surface area contributed by atoms with Crippen LogP contribution in [0.2, 0.25) is 0 Å². The van der Waals surface area contributed by atoms with Gasteiger partial charge < -0.3 is 30.3 Å². The van der Waals surface area contributed by atoms with E-state index in [1.165, 1.54) is 11.8 Å². The first-order valence-electron chi connectivity index (χ1n) is 11.9. The van der Waals surface area contributed by atoms with Gasteiger partial charge in [-0.25, -0.2) is 14.8 Å². The summed E-state index contributed by atoms with van der Waals surface area (Å²) in [6, 6.07) is 5.60. The van der Waals surface area contributed by atoms with Crippen molar-refractivity contribution in [1.82, 2.24) is 19.8 Å². The molecule has 0 unspecified atom stereocenters. The molecular formula is C24H28N6O5. The van der Waals surface area contributed by atoms with E-state index in [2.05, 4.69) is 27.8 Å². The van der Waals surface area contributed by atoms with Gasteiger partial charge in [0.2, 0.25) is 0 Å². The molecule has 5 heterocycles. The fraction of sp³-hybridized carbons (Fsp3) is 0.458. The monoisotopic (exact) mass is 480 g/mol. The van der Waals surface area contributed by atoms with Crippen LogP contribution in [-0.4, -0.2) is 82.1 Å². The predicted octanol–water partition coefficient (Wildman–Crippen LogP) is 1.70. The van der Waals surface area contributed by atoms with Crippen LogP contribution in [0.5, 0.6) is 5.75 Å². The highest BCUT2D eigenvalue weighted by atomic mass is 16.5. The Morgan fingerprint density at radius 2 is 2.06 bits per heavy atom. The maximum atomic E-state index is 12.9. The largest absolute Gasteiger partial charge is 0.481 e. The number of carboxylic acids is 1.